The fourth-order valence-corrected chi connectivity index (χ4v) is 2.73. The van der Waals surface area contributed by atoms with Crippen LogP contribution in [-0.4, -0.2) is 30.2 Å². The first-order valence-electron chi connectivity index (χ1n) is 7.69. The summed E-state index contributed by atoms with van der Waals surface area (Å²) in [5.74, 6) is -0.153. The third-order valence-corrected chi connectivity index (χ3v) is 3.98. The van der Waals surface area contributed by atoms with Crippen molar-refractivity contribution in [2.45, 2.75) is 20.8 Å². The van der Waals surface area contributed by atoms with Crippen molar-refractivity contribution in [2.24, 2.45) is 7.05 Å². The Balaban J connectivity index is 2.40. The number of carbonyl (C=O) groups is 2. The van der Waals surface area contributed by atoms with Crippen molar-refractivity contribution < 1.29 is 19.1 Å². The standard InChI is InChI=1S/C18H22N2O4/c1-6-24-18(22)16-11(2)15(12(3)20(16)4)17(21)19-13-9-7-8-10-14(13)23-5/h7-10H,6H2,1-5H3,(H,19,21). The summed E-state index contributed by atoms with van der Waals surface area (Å²) in [4.78, 5) is 24.9. The van der Waals surface area contributed by atoms with Gasteiger partial charge >= 0.3 is 5.97 Å². The van der Waals surface area contributed by atoms with E-state index in [4.69, 9.17) is 9.47 Å². The number of aromatic nitrogens is 1. The number of anilines is 1. The highest BCUT2D eigenvalue weighted by atomic mass is 16.5. The SMILES string of the molecule is CCOC(=O)c1c(C)c(C(=O)Nc2ccccc2OC)c(C)n1C. The van der Waals surface area contributed by atoms with Gasteiger partial charge in [-0.15, -0.1) is 0 Å². The van der Waals surface area contributed by atoms with Crippen LogP contribution in [-0.2, 0) is 11.8 Å². The lowest BCUT2D eigenvalue weighted by Crippen LogP contribution is -2.14. The predicted octanol–water partition coefficient (Wildman–Crippen LogP) is 3.08. The smallest absolute Gasteiger partial charge is 0.355 e. The van der Waals surface area contributed by atoms with E-state index in [-0.39, 0.29) is 12.5 Å². The second kappa shape index (κ2) is 7.21. The Morgan fingerprint density at radius 3 is 2.50 bits per heavy atom. The van der Waals surface area contributed by atoms with Crippen LogP contribution < -0.4 is 10.1 Å². The minimum atomic E-state index is -0.433. The van der Waals surface area contributed by atoms with Crippen molar-refractivity contribution in [1.29, 1.82) is 0 Å². The molecule has 0 saturated carbocycles. The predicted molar refractivity (Wildman–Crippen MR) is 91.8 cm³/mol. The van der Waals surface area contributed by atoms with Crippen LogP contribution in [0.25, 0.3) is 0 Å². The van der Waals surface area contributed by atoms with E-state index in [0.29, 0.717) is 34.0 Å². The van der Waals surface area contributed by atoms with Gasteiger partial charge in [0.2, 0.25) is 0 Å². The molecule has 0 aliphatic carbocycles. The molecule has 0 fully saturated rings. The van der Waals surface area contributed by atoms with Crippen LogP contribution in [0.2, 0.25) is 0 Å². The summed E-state index contributed by atoms with van der Waals surface area (Å²) in [6, 6.07) is 7.17. The minimum Gasteiger partial charge on any atom is -0.495 e. The number of carbonyl (C=O) groups excluding carboxylic acids is 2. The Bertz CT molecular complexity index is 778. The number of benzene rings is 1. The fraction of sp³-hybridized carbons (Fsp3) is 0.333. The Morgan fingerprint density at radius 1 is 1.21 bits per heavy atom. The molecule has 0 spiro atoms. The Morgan fingerprint density at radius 2 is 1.88 bits per heavy atom. The van der Waals surface area contributed by atoms with Gasteiger partial charge in [-0.25, -0.2) is 4.79 Å². The molecular weight excluding hydrogens is 308 g/mol. The van der Waals surface area contributed by atoms with Gasteiger partial charge < -0.3 is 19.4 Å². The summed E-state index contributed by atoms with van der Waals surface area (Å²) in [5.41, 5.74) is 2.72. The highest BCUT2D eigenvalue weighted by Crippen LogP contribution is 2.27. The molecule has 1 amide bonds. The molecule has 24 heavy (non-hydrogen) atoms. The minimum absolute atomic E-state index is 0.283. The molecule has 1 heterocycles. The molecule has 0 saturated heterocycles. The Kier molecular flexibility index (Phi) is 5.28. The summed E-state index contributed by atoms with van der Waals surface area (Å²) in [7, 11) is 3.29. The molecule has 0 atom stereocenters. The number of para-hydroxylation sites is 2. The molecule has 1 N–H and O–H groups in total. The van der Waals surface area contributed by atoms with Crippen molar-refractivity contribution in [2.75, 3.05) is 19.0 Å². The third kappa shape index (κ3) is 3.13. The quantitative estimate of drug-likeness (QED) is 0.855. The largest absolute Gasteiger partial charge is 0.495 e. The lowest BCUT2D eigenvalue weighted by molar-refractivity contribution is 0.0514. The van der Waals surface area contributed by atoms with Crippen LogP contribution in [0.5, 0.6) is 5.75 Å². The first kappa shape index (κ1) is 17.6. The number of nitrogens with zero attached hydrogens (tertiary/aromatic N) is 1. The second-order valence-electron chi connectivity index (χ2n) is 5.37. The third-order valence-electron chi connectivity index (χ3n) is 3.98. The van der Waals surface area contributed by atoms with Crippen LogP contribution in [0.4, 0.5) is 5.69 Å². The second-order valence-corrected chi connectivity index (χ2v) is 5.37. The molecule has 6 nitrogen and oxygen atoms in total. The molecule has 2 rings (SSSR count). The van der Waals surface area contributed by atoms with E-state index in [2.05, 4.69) is 5.32 Å². The number of hydrogen-bond acceptors (Lipinski definition) is 4. The maximum atomic E-state index is 12.7. The Labute approximate surface area is 141 Å². The molecule has 0 radical (unpaired) electrons. The number of rotatable bonds is 5. The van der Waals surface area contributed by atoms with Crippen LogP contribution in [0.1, 0.15) is 39.0 Å². The highest BCUT2D eigenvalue weighted by Gasteiger charge is 2.26. The van der Waals surface area contributed by atoms with Crippen molar-refractivity contribution in [3.05, 3.63) is 46.8 Å². The molecule has 0 aliphatic rings. The average molecular weight is 330 g/mol. The van der Waals surface area contributed by atoms with Gasteiger partial charge in [0.05, 0.1) is 25.0 Å². The van der Waals surface area contributed by atoms with Gasteiger partial charge in [0.15, 0.2) is 0 Å². The van der Waals surface area contributed by atoms with Gasteiger partial charge in [0.1, 0.15) is 11.4 Å². The molecule has 1 aromatic carbocycles. The topological polar surface area (TPSA) is 69.6 Å². The molecule has 0 aliphatic heterocycles. The normalized spacial score (nSPS) is 10.4. The van der Waals surface area contributed by atoms with Crippen LogP contribution in [0.15, 0.2) is 24.3 Å². The maximum Gasteiger partial charge on any atom is 0.355 e. The Hall–Kier alpha value is -2.76. The van der Waals surface area contributed by atoms with E-state index in [1.807, 2.05) is 12.1 Å². The van der Waals surface area contributed by atoms with Crippen LogP contribution in [0, 0.1) is 13.8 Å². The van der Waals surface area contributed by atoms with E-state index in [1.165, 1.54) is 0 Å². The molecule has 128 valence electrons. The first-order valence-corrected chi connectivity index (χ1v) is 7.69. The summed E-state index contributed by atoms with van der Waals surface area (Å²) in [5, 5.41) is 2.84. The van der Waals surface area contributed by atoms with Crippen molar-refractivity contribution >= 4 is 17.6 Å². The van der Waals surface area contributed by atoms with Crippen molar-refractivity contribution in [3.8, 4) is 5.75 Å². The van der Waals surface area contributed by atoms with Crippen LogP contribution in [0.3, 0.4) is 0 Å². The van der Waals surface area contributed by atoms with Gasteiger partial charge in [-0.2, -0.15) is 0 Å². The van der Waals surface area contributed by atoms with Gasteiger partial charge in [0, 0.05) is 12.7 Å². The van der Waals surface area contributed by atoms with Gasteiger partial charge in [-0.1, -0.05) is 12.1 Å². The van der Waals surface area contributed by atoms with E-state index in [9.17, 15) is 9.59 Å². The van der Waals surface area contributed by atoms with E-state index in [0.717, 1.165) is 0 Å². The summed E-state index contributed by atoms with van der Waals surface area (Å²) in [6.07, 6.45) is 0. The molecule has 1 aromatic heterocycles. The zero-order valence-corrected chi connectivity index (χ0v) is 14.6. The molecule has 0 bridgehead atoms. The van der Waals surface area contributed by atoms with Crippen molar-refractivity contribution in [3.63, 3.8) is 0 Å². The lowest BCUT2D eigenvalue weighted by atomic mass is 10.1. The molecule has 6 heteroatoms. The molecule has 2 aromatic rings. The number of amides is 1. The monoisotopic (exact) mass is 330 g/mol. The zero-order valence-electron chi connectivity index (χ0n) is 14.6. The first-order chi connectivity index (χ1) is 11.4. The molecular formula is C18H22N2O4. The number of ether oxygens (including phenoxy) is 2. The molecule has 0 unspecified atom stereocenters. The van der Waals surface area contributed by atoms with Crippen molar-refractivity contribution in [1.82, 2.24) is 4.57 Å². The average Bonchev–Trinajstić information content (AvgIpc) is 2.77. The van der Waals surface area contributed by atoms with Gasteiger partial charge in [-0.05, 0) is 38.5 Å². The number of hydrogen-bond donors (Lipinski definition) is 1. The van der Waals surface area contributed by atoms with E-state index in [1.54, 1.807) is 51.6 Å². The fourth-order valence-electron chi connectivity index (χ4n) is 2.73. The summed E-state index contributed by atoms with van der Waals surface area (Å²) in [6.45, 7) is 5.58. The number of nitrogens with one attached hydrogen (secondary N) is 1. The number of methoxy groups -OCH3 is 1. The van der Waals surface area contributed by atoms with E-state index < -0.39 is 5.97 Å². The maximum absolute atomic E-state index is 12.7. The summed E-state index contributed by atoms with van der Waals surface area (Å²) < 4.78 is 12.0. The summed E-state index contributed by atoms with van der Waals surface area (Å²) >= 11 is 0. The van der Waals surface area contributed by atoms with Gasteiger partial charge in [-0.3, -0.25) is 4.79 Å². The zero-order chi connectivity index (χ0) is 17.9. The van der Waals surface area contributed by atoms with Gasteiger partial charge in [0.25, 0.3) is 5.91 Å². The van der Waals surface area contributed by atoms with E-state index >= 15 is 0 Å². The van der Waals surface area contributed by atoms with Crippen LogP contribution >= 0.6 is 0 Å². The number of esters is 1. The lowest BCUT2D eigenvalue weighted by Gasteiger charge is -2.10. The highest BCUT2D eigenvalue weighted by molar-refractivity contribution is 6.08.